The molecule has 0 aliphatic heterocycles. The van der Waals surface area contributed by atoms with Crippen LogP contribution >= 0.6 is 15.9 Å². The van der Waals surface area contributed by atoms with E-state index in [-0.39, 0.29) is 97.4 Å². The number of rotatable bonds is 28. The van der Waals surface area contributed by atoms with Crippen molar-refractivity contribution < 1.29 is 106 Å². The number of alkyl carbamates (subject to hydrolysis) is 2. The largest absolute Gasteiger partial charge is 1.00 e. The van der Waals surface area contributed by atoms with Crippen LogP contribution < -0.4 is 40.2 Å². The molecule has 6 rings (SSSR count). The molecule has 18 nitrogen and oxygen atoms in total. The van der Waals surface area contributed by atoms with Crippen LogP contribution in [0.5, 0.6) is 0 Å². The van der Waals surface area contributed by atoms with E-state index >= 15 is 0 Å². The summed E-state index contributed by atoms with van der Waals surface area (Å²) >= 11 is 3.44. The van der Waals surface area contributed by atoms with Gasteiger partial charge in [0, 0.05) is 29.5 Å². The summed E-state index contributed by atoms with van der Waals surface area (Å²) in [6, 6.07) is 36.9. The molecule has 6 aromatic carbocycles. The molecular formula is C66H88BrN2NaO16. The molecule has 2 amide bonds. The average molecular weight is 1270 g/mol. The van der Waals surface area contributed by atoms with Crippen LogP contribution in [0.1, 0.15) is 125 Å². The molecule has 0 spiro atoms. The number of nitrogens with one attached hydrogen (secondary N) is 2. The SMILES string of the molecule is C.C.C.CCOC(=O)C(CCCCCCCNC(=O)OCc1c2ccccc2cc2ccccc12)(C(=O)OCC)C(=O)OCC.COC(=O)[C-](C(=O)OC)C(=O)OC.O=C(NCCCCCCCBr)OCc1c2ccccc2cc2ccccc12.[Na+]. The Balaban J connectivity index is 0.00000141. The number of fused-ring (bicyclic) bond motifs is 4. The van der Waals surface area contributed by atoms with Crippen LogP contribution in [0.2, 0.25) is 0 Å². The first-order valence-corrected chi connectivity index (χ1v) is 28.7. The fourth-order valence-corrected chi connectivity index (χ4v) is 9.35. The van der Waals surface area contributed by atoms with Gasteiger partial charge in [-0.1, -0.05) is 186 Å². The molecule has 0 aromatic heterocycles. The molecule has 0 bridgehead atoms. The molecule has 0 unspecified atom stereocenters. The van der Waals surface area contributed by atoms with Crippen LogP contribution in [0.3, 0.4) is 0 Å². The minimum absolute atomic E-state index is 0. The smallest absolute Gasteiger partial charge is 0.490 e. The van der Waals surface area contributed by atoms with Gasteiger partial charge < -0.3 is 48.5 Å². The third-order valence-electron chi connectivity index (χ3n) is 13.1. The molecule has 20 heteroatoms. The van der Waals surface area contributed by atoms with Crippen molar-refractivity contribution in [3.05, 3.63) is 126 Å². The van der Waals surface area contributed by atoms with Gasteiger partial charge in [0.1, 0.15) is 13.2 Å². The summed E-state index contributed by atoms with van der Waals surface area (Å²) in [5.74, 6) is -6.87. The van der Waals surface area contributed by atoms with Crippen LogP contribution in [-0.4, -0.2) is 108 Å². The van der Waals surface area contributed by atoms with Gasteiger partial charge >= 0.3 is 59.7 Å². The van der Waals surface area contributed by atoms with Crippen LogP contribution in [0.4, 0.5) is 9.59 Å². The molecule has 0 atom stereocenters. The van der Waals surface area contributed by atoms with Gasteiger partial charge in [0.05, 0.1) is 41.2 Å². The molecule has 0 aliphatic carbocycles. The maximum absolute atomic E-state index is 12.8. The number of methoxy groups -OCH3 is 3. The summed E-state index contributed by atoms with van der Waals surface area (Å²) < 4.78 is 38.9. The Hall–Kier alpha value is -6.93. The van der Waals surface area contributed by atoms with Crippen molar-refractivity contribution in [1.82, 2.24) is 10.6 Å². The predicted octanol–water partition coefficient (Wildman–Crippen LogP) is 10.8. The third-order valence-corrected chi connectivity index (χ3v) is 13.6. The van der Waals surface area contributed by atoms with Crippen molar-refractivity contribution in [2.24, 2.45) is 5.41 Å². The van der Waals surface area contributed by atoms with E-state index in [1.54, 1.807) is 20.8 Å². The zero-order valence-corrected chi connectivity index (χ0v) is 52.3. The average Bonchev–Trinajstić information content (AvgIpc) is 1.27. The van der Waals surface area contributed by atoms with Crippen molar-refractivity contribution in [2.75, 3.05) is 59.6 Å². The van der Waals surface area contributed by atoms with Crippen molar-refractivity contribution in [1.29, 1.82) is 0 Å². The van der Waals surface area contributed by atoms with Crippen LogP contribution in [0.15, 0.2) is 109 Å². The monoisotopic (exact) mass is 1270 g/mol. The molecule has 0 radical (unpaired) electrons. The van der Waals surface area contributed by atoms with E-state index in [9.17, 15) is 38.4 Å². The number of unbranched alkanes of at least 4 members (excludes halogenated alkanes) is 8. The zero-order valence-electron chi connectivity index (χ0n) is 48.7. The molecule has 0 heterocycles. The number of amides is 2. The van der Waals surface area contributed by atoms with Crippen molar-refractivity contribution in [2.45, 2.75) is 127 Å². The molecule has 466 valence electrons. The standard InChI is InChI=1S/C33H41NO8.C23H26BrNO2.C7H9O6.3CH4.Na/c1-4-39-29(35)33(30(36)40-5-2,31(37)41-6-3)20-14-8-7-9-15-21-34-32(38)42-23-28-26-18-12-10-16-24(26)22-25-17-11-13-19-27(25)28;24-14-8-2-1-3-9-15-25-23(26)27-17-22-20-12-6-4-10-18(20)16-19-11-5-7-13-21(19)22;1-11-5(8)4(6(9)12-2)7(10)13-3;;;;/h10-13,16-19,22H,4-9,14-15,20-21,23H2,1-3H3,(H,34,38);4-7,10-13,16H,1-3,8-9,14-15,17H2,(H,25,26);1-3H3;3*1H4;/q;;-1;;;;+1. The van der Waals surface area contributed by atoms with Gasteiger partial charge in [0.2, 0.25) is 0 Å². The fraction of sp³-hybridized carbons (Fsp3) is 0.439. The van der Waals surface area contributed by atoms with Crippen LogP contribution in [0, 0.1) is 11.3 Å². The molecule has 0 saturated heterocycles. The summed E-state index contributed by atoms with van der Waals surface area (Å²) in [6.07, 6.45) is 8.33. The fourth-order valence-electron chi connectivity index (χ4n) is 8.96. The number of carbonyl (C=O) groups excluding carboxylic acids is 8. The number of hydrogen-bond donors (Lipinski definition) is 2. The van der Waals surface area contributed by atoms with Crippen LogP contribution in [-0.2, 0) is 79.9 Å². The maximum atomic E-state index is 12.8. The summed E-state index contributed by atoms with van der Waals surface area (Å²) in [5, 5.41) is 15.7. The number of alkyl halides is 1. The Morgan fingerprint density at radius 1 is 0.430 bits per heavy atom. The topological polar surface area (TPSA) is 234 Å². The Labute approximate surface area is 538 Å². The summed E-state index contributed by atoms with van der Waals surface area (Å²) in [7, 11) is 3.11. The maximum Gasteiger partial charge on any atom is 1.00 e. The van der Waals surface area contributed by atoms with E-state index < -0.39 is 53.2 Å². The van der Waals surface area contributed by atoms with Crippen molar-refractivity contribution in [3.8, 4) is 0 Å². The number of esters is 6. The predicted molar refractivity (Wildman–Crippen MR) is 336 cm³/mol. The first kappa shape index (κ1) is 79.1. The van der Waals surface area contributed by atoms with E-state index in [4.69, 9.17) is 23.7 Å². The quantitative estimate of drug-likeness (QED) is 0.00679. The van der Waals surface area contributed by atoms with Crippen molar-refractivity contribution in [3.63, 3.8) is 0 Å². The molecule has 86 heavy (non-hydrogen) atoms. The van der Waals surface area contributed by atoms with Gasteiger partial charge in [-0.3, -0.25) is 28.8 Å². The summed E-state index contributed by atoms with van der Waals surface area (Å²) in [6.45, 7) is 6.44. The molecule has 6 aromatic rings. The third kappa shape index (κ3) is 23.7. The molecule has 2 N–H and O–H groups in total. The first-order valence-electron chi connectivity index (χ1n) is 27.6. The Kier molecular flexibility index (Phi) is 40.1. The van der Waals surface area contributed by atoms with E-state index in [2.05, 4.69) is 89.3 Å². The van der Waals surface area contributed by atoms with Gasteiger partial charge in [0.15, 0.2) is 17.9 Å². The van der Waals surface area contributed by atoms with E-state index in [0.29, 0.717) is 25.9 Å². The molecule has 0 aliphatic rings. The summed E-state index contributed by atoms with van der Waals surface area (Å²) in [5.41, 5.74) is -0.0834. The van der Waals surface area contributed by atoms with Crippen LogP contribution in [0.25, 0.3) is 43.1 Å². The van der Waals surface area contributed by atoms with Gasteiger partial charge in [-0.15, -0.1) is 0 Å². The zero-order chi connectivity index (χ0) is 59.7. The number of halogens is 1. The van der Waals surface area contributed by atoms with E-state index in [0.717, 1.165) is 102 Å². The Morgan fingerprint density at radius 3 is 1.02 bits per heavy atom. The van der Waals surface area contributed by atoms with Gasteiger partial charge in [-0.25, -0.2) is 9.59 Å². The van der Waals surface area contributed by atoms with Gasteiger partial charge in [0.25, 0.3) is 5.41 Å². The second kappa shape index (κ2) is 43.7. The minimum Gasteiger partial charge on any atom is -0.490 e. The van der Waals surface area contributed by atoms with Gasteiger partial charge in [-0.05, 0) is 102 Å². The normalized spacial score (nSPS) is 10.2. The Morgan fingerprint density at radius 2 is 0.721 bits per heavy atom. The van der Waals surface area contributed by atoms with E-state index in [1.165, 1.54) is 30.0 Å². The van der Waals surface area contributed by atoms with Gasteiger partial charge in [-0.2, -0.15) is 0 Å². The number of carbonyl (C=O) groups is 8. The minimum atomic E-state index is -2.12. The summed E-state index contributed by atoms with van der Waals surface area (Å²) in [4.78, 5) is 95.4. The Bertz CT molecular complexity index is 2870. The number of ether oxygens (including phenoxy) is 8. The van der Waals surface area contributed by atoms with E-state index in [1.807, 2.05) is 60.7 Å². The molecular weight excluding hydrogens is 1180 g/mol. The second-order valence-electron chi connectivity index (χ2n) is 18.5. The van der Waals surface area contributed by atoms with Crippen molar-refractivity contribution >= 4 is 107 Å². The number of benzene rings is 6. The first-order chi connectivity index (χ1) is 39.8. The molecule has 0 saturated carbocycles. The number of hydrogen-bond acceptors (Lipinski definition) is 16. The molecule has 0 fully saturated rings. The second-order valence-corrected chi connectivity index (χ2v) is 19.3.